The average Bonchev–Trinajstić information content (AvgIpc) is 3.24. The van der Waals surface area contributed by atoms with Crippen LogP contribution in [0.2, 0.25) is 0 Å². The molecule has 0 aliphatic heterocycles. The van der Waals surface area contributed by atoms with Gasteiger partial charge in [-0.2, -0.15) is 26.3 Å². The summed E-state index contributed by atoms with van der Waals surface area (Å²) >= 11 is 0. The zero-order chi connectivity index (χ0) is 51.3. The molecule has 66 heavy (non-hydrogen) atoms. The molecule has 0 saturated carbocycles. The first-order chi connectivity index (χ1) is 31.0. The highest BCUT2D eigenvalue weighted by Gasteiger charge is 2.37. The number of hydrogen-bond donors (Lipinski definition) is 0. The van der Waals surface area contributed by atoms with E-state index >= 15 is 0 Å². The number of rotatable bonds is 40. The highest BCUT2D eigenvalue weighted by Crippen LogP contribution is 2.23. The molecule has 0 amide bonds. The average molecular weight is 1010 g/mol. The van der Waals surface area contributed by atoms with E-state index in [1.165, 1.54) is 267 Å². The van der Waals surface area contributed by atoms with E-state index < -0.39 is 31.3 Å². The van der Waals surface area contributed by atoms with Crippen LogP contribution in [0.3, 0.4) is 0 Å². The van der Waals surface area contributed by atoms with Gasteiger partial charge in [-0.05, 0) is 103 Å². The molecule has 0 unspecified atom stereocenters. The van der Waals surface area contributed by atoms with Crippen molar-refractivity contribution in [3.8, 4) is 0 Å². The molecule has 8 nitrogen and oxygen atoms in total. The summed E-state index contributed by atoms with van der Waals surface area (Å²) in [5.74, 6) is 0. The predicted octanol–water partition coefficient (Wildman–Crippen LogP) is 16.4. The van der Waals surface area contributed by atoms with Gasteiger partial charge in [0, 0.05) is 0 Å². The molecular weight excluding hydrogens is 903 g/mol. The summed E-state index contributed by atoms with van der Waals surface area (Å²) in [5, 5.41) is 0. The molecule has 0 heterocycles. The molecule has 0 saturated heterocycles. The second-order valence-corrected chi connectivity index (χ2v) is 21.5. The number of hydrogen-bond acceptors (Lipinski definition) is 6. The summed E-state index contributed by atoms with van der Waals surface area (Å²) in [4.78, 5) is 0. The van der Waals surface area contributed by atoms with Crippen molar-refractivity contribution in [2.75, 3.05) is 52.4 Å². The molecule has 0 N–H and O–H groups in total. The molecule has 0 spiro atoms. The minimum atomic E-state index is -6.09. The van der Waals surface area contributed by atoms with Crippen molar-refractivity contribution in [1.82, 2.24) is 0 Å². The quantitative estimate of drug-likeness (QED) is 0.0199. The lowest BCUT2D eigenvalue weighted by molar-refractivity contribution is -0.929. The van der Waals surface area contributed by atoms with Crippen molar-refractivity contribution in [1.29, 1.82) is 0 Å². The standard InChI is InChI=1S/2C24H52N.2CHF3O3S/c2*1-5-9-13-17-21-25(22-18-14-10-6-2,23-19-15-11-7-3)24-20-16-12-8-4;2*2-1(3,4)8(5,6)7/h2*5-24H2,1-4H3;2*(H,5,6,7)/q2*+1;;/p-2. The predicted molar refractivity (Wildman–Crippen MR) is 264 cm³/mol. The Hall–Kier alpha value is -0.680. The first-order valence-electron chi connectivity index (χ1n) is 26.7. The van der Waals surface area contributed by atoms with Gasteiger partial charge in [-0.15, -0.1) is 0 Å². The Kier molecular flexibility index (Phi) is 49.5. The van der Waals surface area contributed by atoms with Gasteiger partial charge in [0.15, 0.2) is 20.2 Å². The van der Waals surface area contributed by atoms with Crippen molar-refractivity contribution in [3.63, 3.8) is 0 Å². The summed E-state index contributed by atoms with van der Waals surface area (Å²) < 4.78 is 121. The van der Waals surface area contributed by atoms with Crippen LogP contribution in [0.15, 0.2) is 0 Å². The molecule has 0 aromatic carbocycles. The van der Waals surface area contributed by atoms with Crippen LogP contribution in [0.25, 0.3) is 0 Å². The van der Waals surface area contributed by atoms with Gasteiger partial charge >= 0.3 is 11.0 Å². The van der Waals surface area contributed by atoms with Gasteiger partial charge in [-0.3, -0.25) is 0 Å². The fraction of sp³-hybridized carbons (Fsp3) is 1.00. The Labute approximate surface area is 404 Å². The van der Waals surface area contributed by atoms with Crippen LogP contribution in [-0.4, -0.2) is 98.3 Å². The maximum absolute atomic E-state index is 10.7. The first kappa shape index (κ1) is 71.9. The van der Waals surface area contributed by atoms with Crippen LogP contribution in [-0.2, 0) is 20.2 Å². The first-order valence-corrected chi connectivity index (χ1v) is 29.5. The zero-order valence-electron chi connectivity index (χ0n) is 43.7. The number of halogens is 6. The van der Waals surface area contributed by atoms with Gasteiger partial charge in [0.1, 0.15) is 0 Å². The van der Waals surface area contributed by atoms with E-state index in [1.807, 2.05) is 0 Å². The molecule has 0 fully saturated rings. The van der Waals surface area contributed by atoms with Crippen molar-refractivity contribution in [2.45, 2.75) is 272 Å². The molecule has 0 aliphatic carbocycles. The molecule has 0 aromatic rings. The smallest absolute Gasteiger partial charge is 0.485 e. The summed E-state index contributed by atoms with van der Waals surface area (Å²) in [6, 6.07) is 0. The normalized spacial score (nSPS) is 12.5. The third-order valence-electron chi connectivity index (χ3n) is 12.5. The van der Waals surface area contributed by atoms with Crippen LogP contribution < -0.4 is 0 Å². The van der Waals surface area contributed by atoms with Gasteiger partial charge in [-0.25, -0.2) is 16.8 Å². The van der Waals surface area contributed by atoms with Crippen LogP contribution in [0.4, 0.5) is 26.3 Å². The van der Waals surface area contributed by atoms with Gasteiger partial charge in [0.25, 0.3) is 0 Å². The fourth-order valence-corrected chi connectivity index (χ4v) is 8.33. The van der Waals surface area contributed by atoms with Gasteiger partial charge in [-0.1, -0.05) is 158 Å². The Morgan fingerprint density at radius 3 is 0.455 bits per heavy atom. The molecule has 16 heteroatoms. The highest BCUT2D eigenvalue weighted by molar-refractivity contribution is 7.86. The second kappa shape index (κ2) is 45.5. The number of nitrogens with zero attached hydrogens (tertiary/aromatic N) is 2. The molecule has 0 aliphatic rings. The van der Waals surface area contributed by atoms with E-state index in [2.05, 4.69) is 55.4 Å². The van der Waals surface area contributed by atoms with Gasteiger partial charge < -0.3 is 18.1 Å². The Morgan fingerprint density at radius 1 is 0.273 bits per heavy atom. The van der Waals surface area contributed by atoms with Crippen LogP contribution >= 0.6 is 0 Å². The molecule has 0 rings (SSSR count). The van der Waals surface area contributed by atoms with E-state index in [-0.39, 0.29) is 0 Å². The van der Waals surface area contributed by atoms with E-state index in [0.29, 0.717) is 0 Å². The Bertz CT molecular complexity index is 1040. The van der Waals surface area contributed by atoms with E-state index in [0.717, 1.165) is 0 Å². The van der Waals surface area contributed by atoms with Crippen molar-refractivity contribution < 1.29 is 61.2 Å². The number of alkyl halides is 6. The number of unbranched alkanes of at least 4 members (excludes halogenated alkanes) is 24. The number of quaternary nitrogens is 2. The third-order valence-corrected chi connectivity index (χ3v) is 13.6. The lowest BCUT2D eigenvalue weighted by Gasteiger charge is -2.39. The maximum Gasteiger partial charge on any atom is 0.485 e. The summed E-state index contributed by atoms with van der Waals surface area (Å²) in [7, 11) is -12.2. The van der Waals surface area contributed by atoms with E-state index in [1.54, 1.807) is 0 Å². The van der Waals surface area contributed by atoms with E-state index in [9.17, 15) is 26.3 Å². The minimum Gasteiger partial charge on any atom is -0.741 e. The minimum absolute atomic E-state index is 1.36. The molecule has 0 aromatic heterocycles. The van der Waals surface area contributed by atoms with Crippen LogP contribution in [0, 0.1) is 0 Å². The zero-order valence-corrected chi connectivity index (χ0v) is 45.3. The molecule has 0 bridgehead atoms. The van der Waals surface area contributed by atoms with Crippen molar-refractivity contribution >= 4 is 20.2 Å². The largest absolute Gasteiger partial charge is 0.741 e. The Morgan fingerprint density at radius 2 is 0.379 bits per heavy atom. The van der Waals surface area contributed by atoms with Crippen LogP contribution in [0.1, 0.15) is 261 Å². The van der Waals surface area contributed by atoms with Gasteiger partial charge in [0.05, 0.1) is 52.4 Å². The molecular formula is C50H104F6N2O6S2. The fourth-order valence-electron chi connectivity index (χ4n) is 8.33. The van der Waals surface area contributed by atoms with Crippen molar-refractivity contribution in [2.24, 2.45) is 0 Å². The molecule has 404 valence electrons. The summed E-state index contributed by atoms with van der Waals surface area (Å²) in [5.41, 5.74) is -11.3. The van der Waals surface area contributed by atoms with Crippen molar-refractivity contribution in [3.05, 3.63) is 0 Å². The van der Waals surface area contributed by atoms with E-state index in [4.69, 9.17) is 25.9 Å². The Balaban J connectivity index is -0.000000438. The molecule has 0 atom stereocenters. The lowest BCUT2D eigenvalue weighted by Crippen LogP contribution is -2.50. The van der Waals surface area contributed by atoms with Gasteiger partial charge in [0.2, 0.25) is 0 Å². The second-order valence-electron chi connectivity index (χ2n) is 18.8. The third kappa shape index (κ3) is 45.7. The van der Waals surface area contributed by atoms with Crippen LogP contribution in [0.5, 0.6) is 0 Å². The maximum atomic E-state index is 10.7. The monoisotopic (exact) mass is 1010 g/mol. The summed E-state index contributed by atoms with van der Waals surface area (Å²) in [6.07, 6.45) is 45.7. The topological polar surface area (TPSA) is 114 Å². The molecule has 0 radical (unpaired) electrons. The SMILES string of the molecule is CCCCCC[N+](CCCCCC)(CCCCCC)CCCCCC.CCCCCC[N+](CCCCCC)(CCCCCC)CCCCCC.O=S(=O)([O-])C(F)(F)F.O=S(=O)([O-])C(F)(F)F. The highest BCUT2D eigenvalue weighted by atomic mass is 32.2. The summed E-state index contributed by atoms with van der Waals surface area (Å²) in [6.45, 7) is 30.4. The lowest BCUT2D eigenvalue weighted by atomic mass is 10.1.